The standard InChI is InChI=1S/C23H24N2O4S/c1-17-9-7-14-22(18(17)2)25(30(27,28)21-12-5-4-6-13-21)16-23(26)24-19-10-8-11-20(15-19)29-3/h4-15H,16H2,1-3H3,(H,24,26). The molecule has 0 radical (unpaired) electrons. The van der Waals surface area contributed by atoms with Gasteiger partial charge in [-0.05, 0) is 55.3 Å². The van der Waals surface area contributed by atoms with E-state index in [9.17, 15) is 13.2 Å². The number of benzene rings is 3. The average molecular weight is 425 g/mol. The molecule has 6 nitrogen and oxygen atoms in total. The second-order valence-corrected chi connectivity index (χ2v) is 8.69. The summed E-state index contributed by atoms with van der Waals surface area (Å²) in [6.07, 6.45) is 0. The van der Waals surface area contributed by atoms with Crippen molar-refractivity contribution in [2.45, 2.75) is 18.7 Å². The molecule has 0 bridgehead atoms. The van der Waals surface area contributed by atoms with Gasteiger partial charge in [0.05, 0.1) is 17.7 Å². The van der Waals surface area contributed by atoms with Gasteiger partial charge in [-0.3, -0.25) is 9.10 Å². The third kappa shape index (κ3) is 4.63. The highest BCUT2D eigenvalue weighted by atomic mass is 32.2. The van der Waals surface area contributed by atoms with Crippen LogP contribution in [-0.4, -0.2) is 28.0 Å². The largest absolute Gasteiger partial charge is 0.497 e. The summed E-state index contributed by atoms with van der Waals surface area (Å²) in [7, 11) is -2.41. The van der Waals surface area contributed by atoms with Crippen molar-refractivity contribution in [2.24, 2.45) is 0 Å². The lowest BCUT2D eigenvalue weighted by molar-refractivity contribution is -0.114. The predicted molar refractivity (Wildman–Crippen MR) is 119 cm³/mol. The Bertz CT molecular complexity index is 1140. The normalized spacial score (nSPS) is 11.0. The molecule has 1 amide bonds. The van der Waals surface area contributed by atoms with E-state index in [0.717, 1.165) is 15.4 Å². The molecule has 3 aromatic carbocycles. The van der Waals surface area contributed by atoms with Crippen molar-refractivity contribution < 1.29 is 17.9 Å². The number of amides is 1. The van der Waals surface area contributed by atoms with Gasteiger partial charge < -0.3 is 10.1 Å². The number of sulfonamides is 1. The molecule has 3 rings (SSSR count). The number of methoxy groups -OCH3 is 1. The highest BCUT2D eigenvalue weighted by molar-refractivity contribution is 7.92. The number of hydrogen-bond acceptors (Lipinski definition) is 4. The number of aryl methyl sites for hydroxylation is 1. The predicted octanol–water partition coefficient (Wildman–Crippen LogP) is 4.15. The molecule has 0 saturated heterocycles. The van der Waals surface area contributed by atoms with Gasteiger partial charge in [-0.15, -0.1) is 0 Å². The van der Waals surface area contributed by atoms with E-state index in [-0.39, 0.29) is 11.4 Å². The summed E-state index contributed by atoms with van der Waals surface area (Å²) < 4.78 is 33.1. The van der Waals surface area contributed by atoms with Crippen LogP contribution in [0.4, 0.5) is 11.4 Å². The van der Waals surface area contributed by atoms with Gasteiger partial charge in [0.2, 0.25) is 5.91 Å². The number of rotatable bonds is 7. The molecular weight excluding hydrogens is 400 g/mol. The summed E-state index contributed by atoms with van der Waals surface area (Å²) in [4.78, 5) is 12.9. The van der Waals surface area contributed by atoms with E-state index >= 15 is 0 Å². The molecule has 0 aliphatic rings. The fourth-order valence-corrected chi connectivity index (χ4v) is 4.56. The topological polar surface area (TPSA) is 75.7 Å². The molecular formula is C23H24N2O4S. The summed E-state index contributed by atoms with van der Waals surface area (Å²) >= 11 is 0. The first-order valence-corrected chi connectivity index (χ1v) is 10.8. The van der Waals surface area contributed by atoms with E-state index in [4.69, 9.17) is 4.74 Å². The zero-order valence-corrected chi connectivity index (χ0v) is 17.9. The Hall–Kier alpha value is -3.32. The van der Waals surface area contributed by atoms with Gasteiger partial charge in [-0.1, -0.05) is 36.4 Å². The molecule has 0 aliphatic carbocycles. The molecule has 0 fully saturated rings. The van der Waals surface area contributed by atoms with Crippen LogP contribution in [0.3, 0.4) is 0 Å². The number of hydrogen-bond donors (Lipinski definition) is 1. The summed E-state index contributed by atoms with van der Waals surface area (Å²) in [5.41, 5.74) is 2.73. The lowest BCUT2D eigenvalue weighted by Crippen LogP contribution is -2.38. The monoisotopic (exact) mass is 424 g/mol. The molecule has 0 spiro atoms. The van der Waals surface area contributed by atoms with Crippen LogP contribution < -0.4 is 14.4 Å². The molecule has 156 valence electrons. The van der Waals surface area contributed by atoms with E-state index < -0.39 is 15.9 Å². The van der Waals surface area contributed by atoms with Gasteiger partial charge in [0.15, 0.2) is 0 Å². The van der Waals surface area contributed by atoms with Crippen molar-refractivity contribution >= 4 is 27.3 Å². The van der Waals surface area contributed by atoms with Crippen molar-refractivity contribution in [2.75, 3.05) is 23.3 Å². The van der Waals surface area contributed by atoms with E-state index in [1.807, 2.05) is 19.9 Å². The molecule has 0 aromatic heterocycles. The number of carbonyl (C=O) groups excluding carboxylic acids is 1. The smallest absolute Gasteiger partial charge is 0.264 e. The molecule has 30 heavy (non-hydrogen) atoms. The summed E-state index contributed by atoms with van der Waals surface area (Å²) in [5, 5.41) is 2.75. The summed E-state index contributed by atoms with van der Waals surface area (Å²) in [5.74, 6) is 0.139. The number of nitrogens with zero attached hydrogens (tertiary/aromatic N) is 1. The molecule has 0 aliphatic heterocycles. The van der Waals surface area contributed by atoms with E-state index in [2.05, 4.69) is 5.32 Å². The zero-order valence-electron chi connectivity index (χ0n) is 17.1. The minimum Gasteiger partial charge on any atom is -0.497 e. The van der Waals surface area contributed by atoms with Crippen LogP contribution in [0.15, 0.2) is 77.7 Å². The maximum Gasteiger partial charge on any atom is 0.264 e. The SMILES string of the molecule is COc1cccc(NC(=O)CN(c2cccc(C)c2C)S(=O)(=O)c2ccccc2)c1. The number of carbonyl (C=O) groups is 1. The summed E-state index contributed by atoms with van der Waals surface area (Å²) in [6, 6.07) is 20.4. The molecule has 3 aromatic rings. The van der Waals surface area contributed by atoms with E-state index in [1.165, 1.54) is 19.2 Å². The van der Waals surface area contributed by atoms with Crippen LogP contribution in [0.2, 0.25) is 0 Å². The number of ether oxygens (including phenoxy) is 1. The van der Waals surface area contributed by atoms with Crippen LogP contribution in [0.5, 0.6) is 5.75 Å². The Morgan fingerprint density at radius 2 is 1.67 bits per heavy atom. The van der Waals surface area contributed by atoms with Gasteiger partial charge in [0.1, 0.15) is 12.3 Å². The van der Waals surface area contributed by atoms with Crippen LogP contribution in [0.25, 0.3) is 0 Å². The number of nitrogens with one attached hydrogen (secondary N) is 1. The molecule has 0 saturated carbocycles. The van der Waals surface area contributed by atoms with Crippen molar-refractivity contribution in [1.82, 2.24) is 0 Å². The highest BCUT2D eigenvalue weighted by Gasteiger charge is 2.28. The summed E-state index contributed by atoms with van der Waals surface area (Å²) in [6.45, 7) is 3.39. The van der Waals surface area contributed by atoms with Crippen molar-refractivity contribution in [3.8, 4) is 5.75 Å². The first kappa shape index (κ1) is 21.4. The molecule has 0 unspecified atom stereocenters. The van der Waals surface area contributed by atoms with Crippen LogP contribution >= 0.6 is 0 Å². The fourth-order valence-electron chi connectivity index (χ4n) is 3.06. The van der Waals surface area contributed by atoms with Gasteiger partial charge in [-0.25, -0.2) is 8.42 Å². The minimum absolute atomic E-state index is 0.125. The second kappa shape index (κ2) is 9.00. The molecule has 0 heterocycles. The Morgan fingerprint density at radius 1 is 0.967 bits per heavy atom. The van der Waals surface area contributed by atoms with Gasteiger partial charge in [0.25, 0.3) is 10.0 Å². The molecule has 7 heteroatoms. The lowest BCUT2D eigenvalue weighted by Gasteiger charge is -2.26. The van der Waals surface area contributed by atoms with E-state index in [1.54, 1.807) is 54.6 Å². The van der Waals surface area contributed by atoms with Crippen molar-refractivity contribution in [1.29, 1.82) is 0 Å². The Balaban J connectivity index is 1.97. The minimum atomic E-state index is -3.95. The second-order valence-electron chi connectivity index (χ2n) is 6.82. The molecule has 0 atom stereocenters. The highest BCUT2D eigenvalue weighted by Crippen LogP contribution is 2.28. The average Bonchev–Trinajstić information content (AvgIpc) is 2.75. The van der Waals surface area contributed by atoms with Gasteiger partial charge in [-0.2, -0.15) is 0 Å². The lowest BCUT2D eigenvalue weighted by atomic mass is 10.1. The third-order valence-corrected chi connectivity index (χ3v) is 6.59. The molecule has 1 N–H and O–H groups in total. The Kier molecular flexibility index (Phi) is 6.42. The van der Waals surface area contributed by atoms with Crippen molar-refractivity contribution in [3.63, 3.8) is 0 Å². The maximum absolute atomic E-state index is 13.4. The quantitative estimate of drug-likeness (QED) is 0.618. The number of anilines is 2. The first-order valence-electron chi connectivity index (χ1n) is 9.41. The third-order valence-electron chi connectivity index (χ3n) is 4.82. The van der Waals surface area contributed by atoms with Crippen LogP contribution in [0.1, 0.15) is 11.1 Å². The van der Waals surface area contributed by atoms with Crippen molar-refractivity contribution in [3.05, 3.63) is 83.9 Å². The van der Waals surface area contributed by atoms with Gasteiger partial charge in [0, 0.05) is 11.8 Å². The zero-order chi connectivity index (χ0) is 21.7. The fraction of sp³-hybridized carbons (Fsp3) is 0.174. The van der Waals surface area contributed by atoms with Crippen LogP contribution in [0, 0.1) is 13.8 Å². The van der Waals surface area contributed by atoms with E-state index in [0.29, 0.717) is 17.1 Å². The van der Waals surface area contributed by atoms with Crippen LogP contribution in [-0.2, 0) is 14.8 Å². The van der Waals surface area contributed by atoms with Gasteiger partial charge >= 0.3 is 0 Å². The maximum atomic E-state index is 13.4. The first-order chi connectivity index (χ1) is 14.3. The Labute approximate surface area is 177 Å². The Morgan fingerprint density at radius 3 is 2.37 bits per heavy atom.